The topological polar surface area (TPSA) is 68.5 Å². The third-order valence-electron chi connectivity index (χ3n) is 3.98. The average Bonchev–Trinajstić information content (AvgIpc) is 3.12. The molecule has 1 aliphatic heterocycles. The second kappa shape index (κ2) is 7.53. The van der Waals surface area contributed by atoms with E-state index < -0.39 is 18.0 Å². The first kappa shape index (κ1) is 18.5. The molecular formula is C16H15ClF3N3O3. The molecule has 0 N–H and O–H groups in total. The van der Waals surface area contributed by atoms with E-state index >= 15 is 0 Å². The van der Waals surface area contributed by atoms with Crippen molar-refractivity contribution in [1.29, 1.82) is 0 Å². The second-order valence-electron chi connectivity index (χ2n) is 5.86. The van der Waals surface area contributed by atoms with E-state index in [1.807, 2.05) is 0 Å². The normalized spacial score (nSPS) is 18.0. The Labute approximate surface area is 151 Å². The Morgan fingerprint density at radius 1 is 1.31 bits per heavy atom. The molecule has 0 radical (unpaired) electrons. The lowest BCUT2D eigenvalue weighted by molar-refractivity contribution is -0.157. The minimum Gasteiger partial charge on any atom is -0.484 e. The average molecular weight is 390 g/mol. The smallest absolute Gasteiger partial charge is 0.470 e. The molecule has 1 aromatic carbocycles. The van der Waals surface area contributed by atoms with E-state index in [4.69, 9.17) is 20.8 Å². The molecule has 3 rings (SSSR count). The fourth-order valence-electron chi connectivity index (χ4n) is 2.69. The zero-order valence-corrected chi connectivity index (χ0v) is 14.3. The van der Waals surface area contributed by atoms with Crippen molar-refractivity contribution < 1.29 is 27.1 Å². The van der Waals surface area contributed by atoms with Gasteiger partial charge in [0.15, 0.2) is 6.61 Å². The molecule has 1 amide bonds. The first-order chi connectivity index (χ1) is 12.3. The number of benzene rings is 1. The summed E-state index contributed by atoms with van der Waals surface area (Å²) in [7, 11) is 0. The van der Waals surface area contributed by atoms with Crippen molar-refractivity contribution in [2.24, 2.45) is 0 Å². The van der Waals surface area contributed by atoms with Crippen LogP contribution in [-0.2, 0) is 11.0 Å². The number of halogens is 4. The van der Waals surface area contributed by atoms with E-state index in [0.29, 0.717) is 30.2 Å². The Morgan fingerprint density at radius 3 is 2.69 bits per heavy atom. The Kier molecular flexibility index (Phi) is 5.36. The van der Waals surface area contributed by atoms with Gasteiger partial charge in [0.25, 0.3) is 5.91 Å². The number of amides is 1. The number of aromatic nitrogens is 2. The van der Waals surface area contributed by atoms with E-state index in [9.17, 15) is 18.0 Å². The molecule has 0 spiro atoms. The van der Waals surface area contributed by atoms with Gasteiger partial charge in [0, 0.05) is 18.1 Å². The summed E-state index contributed by atoms with van der Waals surface area (Å²) < 4.78 is 47.9. The van der Waals surface area contributed by atoms with Gasteiger partial charge in [0.1, 0.15) is 5.75 Å². The van der Waals surface area contributed by atoms with Gasteiger partial charge in [0.2, 0.25) is 5.89 Å². The van der Waals surface area contributed by atoms with Crippen LogP contribution in [0.15, 0.2) is 28.7 Å². The van der Waals surface area contributed by atoms with Gasteiger partial charge in [-0.05, 0) is 37.1 Å². The molecule has 1 atom stereocenters. The highest BCUT2D eigenvalue weighted by Crippen LogP contribution is 2.32. The molecule has 0 bridgehead atoms. The van der Waals surface area contributed by atoms with Crippen LogP contribution in [0.2, 0.25) is 5.02 Å². The zero-order valence-electron chi connectivity index (χ0n) is 13.5. The predicted molar refractivity (Wildman–Crippen MR) is 84.8 cm³/mol. The molecule has 1 aliphatic rings. The number of carbonyl (C=O) groups excluding carboxylic acids is 1. The summed E-state index contributed by atoms with van der Waals surface area (Å²) in [6.07, 6.45) is -3.48. The van der Waals surface area contributed by atoms with Crippen LogP contribution in [0.3, 0.4) is 0 Å². The number of hydrogen-bond acceptors (Lipinski definition) is 5. The second-order valence-corrected chi connectivity index (χ2v) is 6.30. The summed E-state index contributed by atoms with van der Waals surface area (Å²) >= 11 is 5.78. The number of likely N-dealkylation sites (tertiary alicyclic amines) is 1. The molecule has 1 fully saturated rings. The van der Waals surface area contributed by atoms with E-state index in [1.165, 1.54) is 4.90 Å². The van der Waals surface area contributed by atoms with E-state index in [-0.39, 0.29) is 24.9 Å². The Morgan fingerprint density at radius 2 is 2.04 bits per heavy atom. The number of hydrogen-bond donors (Lipinski definition) is 0. The summed E-state index contributed by atoms with van der Waals surface area (Å²) in [6.45, 7) is 0.536. The van der Waals surface area contributed by atoms with Crippen LogP contribution in [0.25, 0.3) is 0 Å². The molecular weight excluding hydrogens is 375 g/mol. The highest BCUT2D eigenvalue weighted by atomic mass is 35.5. The van der Waals surface area contributed by atoms with Crippen LogP contribution in [0.1, 0.15) is 30.5 Å². The molecule has 2 heterocycles. The quantitative estimate of drug-likeness (QED) is 0.800. The van der Waals surface area contributed by atoms with Gasteiger partial charge in [-0.2, -0.15) is 13.2 Å². The van der Waals surface area contributed by atoms with E-state index in [0.717, 1.165) is 0 Å². The van der Waals surface area contributed by atoms with Gasteiger partial charge in [-0.15, -0.1) is 10.2 Å². The molecule has 1 unspecified atom stereocenters. The Hall–Kier alpha value is -2.29. The highest BCUT2D eigenvalue weighted by Gasteiger charge is 2.39. The lowest BCUT2D eigenvalue weighted by atomic mass is 9.98. The van der Waals surface area contributed by atoms with Gasteiger partial charge in [-0.3, -0.25) is 4.79 Å². The van der Waals surface area contributed by atoms with Crippen LogP contribution in [0.5, 0.6) is 5.75 Å². The van der Waals surface area contributed by atoms with Crippen LogP contribution < -0.4 is 4.74 Å². The summed E-state index contributed by atoms with van der Waals surface area (Å²) in [5.41, 5.74) is 0. The largest absolute Gasteiger partial charge is 0.484 e. The van der Waals surface area contributed by atoms with Crippen LogP contribution >= 0.6 is 11.6 Å². The number of rotatable bonds is 4. The summed E-state index contributed by atoms with van der Waals surface area (Å²) in [5.74, 6) is -1.66. The van der Waals surface area contributed by atoms with Crippen molar-refractivity contribution in [1.82, 2.24) is 15.1 Å². The molecule has 6 nitrogen and oxygen atoms in total. The van der Waals surface area contributed by atoms with Crippen LogP contribution in [-0.4, -0.2) is 40.7 Å². The SMILES string of the molecule is O=C(COc1ccc(Cl)cc1)N1CCCC(c2nnc(C(F)(F)F)o2)C1. The standard InChI is InChI=1S/C16H15ClF3N3O3/c17-11-3-5-12(6-4-11)25-9-13(24)23-7-1-2-10(8-23)14-21-22-15(26-14)16(18,19)20/h3-6,10H,1-2,7-9H2. The molecule has 26 heavy (non-hydrogen) atoms. The fourth-order valence-corrected chi connectivity index (χ4v) is 2.81. The monoisotopic (exact) mass is 389 g/mol. The first-order valence-electron chi connectivity index (χ1n) is 7.89. The van der Waals surface area contributed by atoms with Crippen molar-refractivity contribution in [2.75, 3.05) is 19.7 Å². The molecule has 10 heteroatoms. The molecule has 2 aromatic rings. The maximum Gasteiger partial charge on any atom is 0.470 e. The first-order valence-corrected chi connectivity index (χ1v) is 8.27. The van der Waals surface area contributed by atoms with Gasteiger partial charge in [0.05, 0.1) is 5.92 Å². The lowest BCUT2D eigenvalue weighted by Gasteiger charge is -2.31. The zero-order chi connectivity index (χ0) is 18.7. The Balaban J connectivity index is 1.58. The van der Waals surface area contributed by atoms with Crippen molar-refractivity contribution in [2.45, 2.75) is 24.9 Å². The minimum atomic E-state index is -4.68. The van der Waals surface area contributed by atoms with Gasteiger partial charge < -0.3 is 14.1 Å². The number of alkyl halides is 3. The van der Waals surface area contributed by atoms with E-state index in [2.05, 4.69) is 10.2 Å². The number of nitrogens with zero attached hydrogens (tertiary/aromatic N) is 3. The lowest BCUT2D eigenvalue weighted by Crippen LogP contribution is -2.41. The maximum atomic E-state index is 12.6. The number of ether oxygens (including phenoxy) is 1. The van der Waals surface area contributed by atoms with Gasteiger partial charge >= 0.3 is 12.1 Å². The maximum absolute atomic E-state index is 12.6. The molecule has 140 valence electrons. The molecule has 0 saturated carbocycles. The van der Waals surface area contributed by atoms with Crippen LogP contribution in [0.4, 0.5) is 13.2 Å². The Bertz CT molecular complexity index is 764. The highest BCUT2D eigenvalue weighted by molar-refractivity contribution is 6.30. The van der Waals surface area contributed by atoms with Crippen LogP contribution in [0, 0.1) is 0 Å². The summed E-state index contributed by atoms with van der Waals surface area (Å²) in [6, 6.07) is 6.58. The van der Waals surface area contributed by atoms with Crippen molar-refractivity contribution in [3.8, 4) is 5.75 Å². The molecule has 0 aliphatic carbocycles. The third kappa shape index (κ3) is 4.46. The molecule has 1 aromatic heterocycles. The molecule has 1 saturated heterocycles. The van der Waals surface area contributed by atoms with Crippen molar-refractivity contribution >= 4 is 17.5 Å². The number of carbonyl (C=O) groups is 1. The minimum absolute atomic E-state index is 0.103. The van der Waals surface area contributed by atoms with E-state index in [1.54, 1.807) is 24.3 Å². The summed E-state index contributed by atoms with van der Waals surface area (Å²) in [4.78, 5) is 13.8. The third-order valence-corrected chi connectivity index (χ3v) is 4.23. The van der Waals surface area contributed by atoms with Gasteiger partial charge in [-0.1, -0.05) is 11.6 Å². The summed E-state index contributed by atoms with van der Waals surface area (Å²) in [5, 5.41) is 7.07. The predicted octanol–water partition coefficient (Wildman–Crippen LogP) is 3.53. The fraction of sp³-hybridized carbons (Fsp3) is 0.438. The van der Waals surface area contributed by atoms with Gasteiger partial charge in [-0.25, -0.2) is 0 Å². The number of piperidine rings is 1. The van der Waals surface area contributed by atoms with Crippen molar-refractivity contribution in [3.63, 3.8) is 0 Å². The van der Waals surface area contributed by atoms with Crippen molar-refractivity contribution in [3.05, 3.63) is 41.1 Å².